The minimum absolute atomic E-state index is 0.0129. The third-order valence-corrected chi connectivity index (χ3v) is 2.92. The molecule has 0 aromatic heterocycles. The van der Waals surface area contributed by atoms with E-state index in [2.05, 4.69) is 15.6 Å². The van der Waals surface area contributed by atoms with Gasteiger partial charge in [-0.3, -0.25) is 9.79 Å². The van der Waals surface area contributed by atoms with Crippen molar-refractivity contribution in [3.8, 4) is 0 Å². The molecule has 0 aliphatic carbocycles. The number of nitrogens with zero attached hydrogens (tertiary/aromatic N) is 1. The van der Waals surface area contributed by atoms with E-state index < -0.39 is 0 Å². The van der Waals surface area contributed by atoms with E-state index in [4.69, 9.17) is 11.5 Å². The lowest BCUT2D eigenvalue weighted by atomic mass is 10.1. The van der Waals surface area contributed by atoms with Crippen LogP contribution in [-0.4, -0.2) is 31.5 Å². The summed E-state index contributed by atoms with van der Waals surface area (Å²) in [6.45, 7) is 1.07. The van der Waals surface area contributed by atoms with Crippen LogP contribution in [0, 0.1) is 0 Å². The molecule has 0 radical (unpaired) electrons. The number of hydrogen-bond donors (Lipinski definition) is 4. The highest BCUT2D eigenvalue weighted by Gasteiger charge is 2.15. The molecular formula is C14H23N5O. The molecule has 0 aliphatic heterocycles. The predicted octanol–water partition coefficient (Wildman–Crippen LogP) is -0.0556. The van der Waals surface area contributed by atoms with Crippen LogP contribution in [0.3, 0.4) is 0 Å². The number of guanidine groups is 1. The number of nitrogens with one attached hydrogen (secondary N) is 2. The quantitative estimate of drug-likeness (QED) is 0.303. The zero-order valence-corrected chi connectivity index (χ0v) is 11.8. The molecular weight excluding hydrogens is 254 g/mol. The standard InChI is InChI=1S/C14H23N5O/c1-17-12(8-5-9-18-14(15)16)13(20)19-10-11-6-3-2-4-7-11/h2-4,6-7,12,17H,5,8-10H2,1H3,(H,19,20)(H4,15,16,18)/t12-/m1/s1. The SMILES string of the molecule is CN[C@H](CCCN=C(N)N)C(=O)NCc1ccccc1. The van der Waals surface area contributed by atoms with Gasteiger partial charge in [0.1, 0.15) is 0 Å². The molecule has 1 amide bonds. The van der Waals surface area contributed by atoms with Crippen LogP contribution in [0.5, 0.6) is 0 Å². The molecule has 110 valence electrons. The zero-order chi connectivity index (χ0) is 14.8. The lowest BCUT2D eigenvalue weighted by Crippen LogP contribution is -2.42. The van der Waals surface area contributed by atoms with Crippen LogP contribution in [0.15, 0.2) is 35.3 Å². The van der Waals surface area contributed by atoms with E-state index in [-0.39, 0.29) is 17.9 Å². The van der Waals surface area contributed by atoms with Crippen molar-refractivity contribution in [2.45, 2.75) is 25.4 Å². The van der Waals surface area contributed by atoms with Crippen molar-refractivity contribution in [2.75, 3.05) is 13.6 Å². The summed E-state index contributed by atoms with van der Waals surface area (Å²) in [5.74, 6) is 0.0700. The van der Waals surface area contributed by atoms with Crippen LogP contribution < -0.4 is 22.1 Å². The Bertz CT molecular complexity index is 428. The Morgan fingerprint density at radius 1 is 1.30 bits per heavy atom. The van der Waals surface area contributed by atoms with E-state index in [1.165, 1.54) is 0 Å². The molecule has 0 spiro atoms. The number of carbonyl (C=O) groups is 1. The largest absolute Gasteiger partial charge is 0.370 e. The zero-order valence-electron chi connectivity index (χ0n) is 11.8. The smallest absolute Gasteiger partial charge is 0.237 e. The molecule has 0 saturated heterocycles. The average Bonchev–Trinajstić information content (AvgIpc) is 2.45. The monoisotopic (exact) mass is 277 g/mol. The summed E-state index contributed by atoms with van der Waals surface area (Å²) in [4.78, 5) is 15.9. The molecule has 0 fully saturated rings. The maximum Gasteiger partial charge on any atom is 0.237 e. The minimum atomic E-state index is -0.229. The fourth-order valence-electron chi connectivity index (χ4n) is 1.82. The van der Waals surface area contributed by atoms with Gasteiger partial charge in [0.2, 0.25) is 5.91 Å². The highest BCUT2D eigenvalue weighted by molar-refractivity contribution is 5.81. The van der Waals surface area contributed by atoms with Crippen LogP contribution in [0.25, 0.3) is 0 Å². The predicted molar refractivity (Wildman–Crippen MR) is 81.0 cm³/mol. The first kappa shape index (κ1) is 16.0. The van der Waals surface area contributed by atoms with Crippen LogP contribution >= 0.6 is 0 Å². The van der Waals surface area contributed by atoms with E-state index in [1.807, 2.05) is 30.3 Å². The first-order chi connectivity index (χ1) is 9.63. The van der Waals surface area contributed by atoms with Crippen molar-refractivity contribution in [2.24, 2.45) is 16.5 Å². The third kappa shape index (κ3) is 6.19. The molecule has 1 aromatic carbocycles. The van der Waals surface area contributed by atoms with Crippen molar-refractivity contribution in [1.29, 1.82) is 0 Å². The van der Waals surface area contributed by atoms with Crippen molar-refractivity contribution in [1.82, 2.24) is 10.6 Å². The van der Waals surface area contributed by atoms with Crippen LogP contribution in [-0.2, 0) is 11.3 Å². The molecule has 6 nitrogen and oxygen atoms in total. The van der Waals surface area contributed by atoms with E-state index in [1.54, 1.807) is 7.05 Å². The maximum atomic E-state index is 12.0. The minimum Gasteiger partial charge on any atom is -0.370 e. The number of hydrogen-bond acceptors (Lipinski definition) is 3. The van der Waals surface area contributed by atoms with Crippen molar-refractivity contribution < 1.29 is 4.79 Å². The Balaban J connectivity index is 2.33. The Labute approximate surface area is 119 Å². The van der Waals surface area contributed by atoms with Gasteiger partial charge in [-0.15, -0.1) is 0 Å². The van der Waals surface area contributed by atoms with Crippen LogP contribution in [0.1, 0.15) is 18.4 Å². The Morgan fingerprint density at radius 2 is 2.00 bits per heavy atom. The maximum absolute atomic E-state index is 12.0. The fraction of sp³-hybridized carbons (Fsp3) is 0.429. The van der Waals surface area contributed by atoms with Gasteiger partial charge in [0.25, 0.3) is 0 Å². The fourth-order valence-corrected chi connectivity index (χ4v) is 1.82. The van der Waals surface area contributed by atoms with Gasteiger partial charge in [-0.25, -0.2) is 0 Å². The topological polar surface area (TPSA) is 106 Å². The lowest BCUT2D eigenvalue weighted by Gasteiger charge is -2.15. The Morgan fingerprint density at radius 3 is 2.60 bits per heavy atom. The molecule has 6 heteroatoms. The number of rotatable bonds is 8. The number of nitrogens with two attached hydrogens (primary N) is 2. The van der Waals surface area contributed by atoms with Crippen LogP contribution in [0.4, 0.5) is 0 Å². The summed E-state index contributed by atoms with van der Waals surface area (Å²) in [6, 6.07) is 9.58. The summed E-state index contributed by atoms with van der Waals surface area (Å²) < 4.78 is 0. The van der Waals surface area contributed by atoms with Crippen molar-refractivity contribution in [3.63, 3.8) is 0 Å². The van der Waals surface area contributed by atoms with E-state index in [0.717, 1.165) is 12.0 Å². The molecule has 1 rings (SSSR count). The van der Waals surface area contributed by atoms with E-state index >= 15 is 0 Å². The van der Waals surface area contributed by atoms with Gasteiger partial charge in [0, 0.05) is 13.1 Å². The number of likely N-dealkylation sites (N-methyl/N-ethyl adjacent to an activating group) is 1. The van der Waals surface area contributed by atoms with Gasteiger partial charge in [0.15, 0.2) is 5.96 Å². The average molecular weight is 277 g/mol. The number of amides is 1. The Kier molecular flexibility index (Phi) is 7.13. The van der Waals surface area contributed by atoms with Crippen molar-refractivity contribution >= 4 is 11.9 Å². The third-order valence-electron chi connectivity index (χ3n) is 2.92. The second-order valence-electron chi connectivity index (χ2n) is 4.49. The summed E-state index contributed by atoms with van der Waals surface area (Å²) >= 11 is 0. The lowest BCUT2D eigenvalue weighted by molar-refractivity contribution is -0.123. The second-order valence-corrected chi connectivity index (χ2v) is 4.49. The molecule has 0 unspecified atom stereocenters. The first-order valence-corrected chi connectivity index (χ1v) is 6.67. The molecule has 0 heterocycles. The summed E-state index contributed by atoms with van der Waals surface area (Å²) in [7, 11) is 1.77. The van der Waals surface area contributed by atoms with Gasteiger partial charge in [-0.2, -0.15) is 0 Å². The van der Waals surface area contributed by atoms with Gasteiger partial charge in [-0.1, -0.05) is 30.3 Å². The molecule has 1 atom stereocenters. The first-order valence-electron chi connectivity index (χ1n) is 6.67. The second kappa shape index (κ2) is 8.92. The van der Waals surface area contributed by atoms with Gasteiger partial charge < -0.3 is 22.1 Å². The normalized spacial score (nSPS) is 11.7. The summed E-state index contributed by atoms with van der Waals surface area (Å²) in [5.41, 5.74) is 11.6. The van der Waals surface area contributed by atoms with E-state index in [9.17, 15) is 4.79 Å². The number of aliphatic imine (C=N–C) groups is 1. The highest BCUT2D eigenvalue weighted by Crippen LogP contribution is 2.00. The molecule has 1 aromatic rings. The summed E-state index contributed by atoms with van der Waals surface area (Å²) in [5, 5.41) is 5.92. The molecule has 20 heavy (non-hydrogen) atoms. The van der Waals surface area contributed by atoms with Gasteiger partial charge >= 0.3 is 0 Å². The number of carbonyl (C=O) groups excluding carboxylic acids is 1. The van der Waals surface area contributed by atoms with E-state index in [0.29, 0.717) is 19.5 Å². The van der Waals surface area contributed by atoms with Crippen LogP contribution in [0.2, 0.25) is 0 Å². The van der Waals surface area contributed by atoms with Crippen molar-refractivity contribution in [3.05, 3.63) is 35.9 Å². The molecule has 0 saturated carbocycles. The molecule has 6 N–H and O–H groups in total. The van der Waals surface area contributed by atoms with Gasteiger partial charge in [-0.05, 0) is 25.5 Å². The molecule has 0 bridgehead atoms. The number of benzene rings is 1. The Hall–Kier alpha value is -2.08. The molecule has 0 aliphatic rings. The summed E-state index contributed by atoms with van der Waals surface area (Å²) in [6.07, 6.45) is 1.44. The highest BCUT2D eigenvalue weighted by atomic mass is 16.2. The van der Waals surface area contributed by atoms with Gasteiger partial charge in [0.05, 0.1) is 6.04 Å².